The smallest absolute Gasteiger partial charge is 0.257 e. The van der Waals surface area contributed by atoms with Crippen LogP contribution in [0.2, 0.25) is 0 Å². The minimum atomic E-state index is -0.343. The van der Waals surface area contributed by atoms with Gasteiger partial charge in [0.2, 0.25) is 11.8 Å². The van der Waals surface area contributed by atoms with Crippen LogP contribution in [-0.4, -0.2) is 74.8 Å². The van der Waals surface area contributed by atoms with Gasteiger partial charge in [-0.3, -0.25) is 14.4 Å². The second kappa shape index (κ2) is 12.0. The molecule has 2 N–H and O–H groups in total. The molecule has 3 amide bonds. The molecular weight excluding hydrogens is 462 g/mol. The molecule has 36 heavy (non-hydrogen) atoms. The van der Waals surface area contributed by atoms with Gasteiger partial charge in [0, 0.05) is 26.4 Å². The molecule has 3 atom stereocenters. The van der Waals surface area contributed by atoms with E-state index in [0.717, 1.165) is 6.42 Å². The fourth-order valence-corrected chi connectivity index (χ4v) is 4.70. The molecule has 9 nitrogen and oxygen atoms in total. The van der Waals surface area contributed by atoms with Gasteiger partial charge in [-0.1, -0.05) is 30.3 Å². The van der Waals surface area contributed by atoms with E-state index in [9.17, 15) is 14.4 Å². The highest BCUT2D eigenvalue weighted by molar-refractivity contribution is 6.00. The maximum absolute atomic E-state index is 13.3. The summed E-state index contributed by atoms with van der Waals surface area (Å²) in [6, 6.07) is 14.8. The van der Waals surface area contributed by atoms with Gasteiger partial charge in [-0.25, -0.2) is 0 Å². The number of ether oxygens (including phenoxy) is 3. The Labute approximate surface area is 211 Å². The van der Waals surface area contributed by atoms with Crippen molar-refractivity contribution in [2.24, 2.45) is 0 Å². The van der Waals surface area contributed by atoms with Crippen molar-refractivity contribution in [2.75, 3.05) is 39.2 Å². The Morgan fingerprint density at radius 3 is 2.69 bits per heavy atom. The van der Waals surface area contributed by atoms with E-state index >= 15 is 0 Å². The van der Waals surface area contributed by atoms with Crippen molar-refractivity contribution in [3.63, 3.8) is 0 Å². The van der Waals surface area contributed by atoms with Crippen LogP contribution in [0.1, 0.15) is 35.2 Å². The second-order valence-electron chi connectivity index (χ2n) is 9.15. The average molecular weight is 496 g/mol. The normalized spacial score (nSPS) is 21.3. The number of methoxy groups -OCH3 is 1. The van der Waals surface area contributed by atoms with Crippen molar-refractivity contribution in [1.82, 2.24) is 10.2 Å². The Bertz CT molecular complexity index is 1080. The topological polar surface area (TPSA) is 106 Å². The third-order valence-electron chi connectivity index (χ3n) is 6.56. The second-order valence-corrected chi connectivity index (χ2v) is 9.15. The number of anilines is 1. The van der Waals surface area contributed by atoms with Gasteiger partial charge in [0.05, 0.1) is 24.1 Å². The lowest BCUT2D eigenvalue weighted by Crippen LogP contribution is -2.54. The molecule has 2 aromatic carbocycles. The quantitative estimate of drug-likeness (QED) is 0.583. The van der Waals surface area contributed by atoms with Crippen molar-refractivity contribution >= 4 is 23.4 Å². The third kappa shape index (κ3) is 6.41. The van der Waals surface area contributed by atoms with Crippen molar-refractivity contribution < 1.29 is 28.6 Å². The number of carbonyl (C=O) groups excluding carboxylic acids is 3. The minimum Gasteiger partial charge on any atom is -0.490 e. The van der Waals surface area contributed by atoms with E-state index in [4.69, 9.17) is 14.2 Å². The Hall–Kier alpha value is -3.43. The summed E-state index contributed by atoms with van der Waals surface area (Å²) in [4.78, 5) is 39.3. The molecule has 0 aromatic heterocycles. The zero-order chi connectivity index (χ0) is 25.5. The van der Waals surface area contributed by atoms with E-state index in [0.29, 0.717) is 36.4 Å². The van der Waals surface area contributed by atoms with E-state index < -0.39 is 0 Å². The fourth-order valence-electron chi connectivity index (χ4n) is 4.70. The van der Waals surface area contributed by atoms with Crippen molar-refractivity contribution in [2.45, 2.75) is 43.9 Å². The van der Waals surface area contributed by atoms with Crippen molar-refractivity contribution in [1.29, 1.82) is 0 Å². The molecule has 2 aromatic rings. The van der Waals surface area contributed by atoms with Crippen molar-refractivity contribution in [3.8, 4) is 5.75 Å². The first-order chi connectivity index (χ1) is 17.4. The molecule has 0 saturated carbocycles. The summed E-state index contributed by atoms with van der Waals surface area (Å²) in [6.07, 6.45) is 1.86. The maximum atomic E-state index is 13.3. The van der Waals surface area contributed by atoms with Gasteiger partial charge in [-0.2, -0.15) is 0 Å². The molecule has 192 valence electrons. The van der Waals surface area contributed by atoms with Crippen LogP contribution in [0.5, 0.6) is 5.75 Å². The average Bonchev–Trinajstić information content (AvgIpc) is 2.87. The van der Waals surface area contributed by atoms with Crippen molar-refractivity contribution in [3.05, 3.63) is 59.7 Å². The van der Waals surface area contributed by atoms with Gasteiger partial charge in [0.1, 0.15) is 25.1 Å². The third-order valence-corrected chi connectivity index (χ3v) is 6.56. The molecule has 2 aliphatic heterocycles. The number of hydrogen-bond acceptors (Lipinski definition) is 6. The molecule has 0 bridgehead atoms. The molecule has 1 saturated heterocycles. The van der Waals surface area contributed by atoms with Crippen LogP contribution in [0.3, 0.4) is 0 Å². The number of fused-ring (bicyclic) bond motifs is 2. The number of likely N-dealkylation sites (N-methyl/N-ethyl adjacent to an activating group) is 1. The van der Waals surface area contributed by atoms with E-state index in [1.807, 2.05) is 30.3 Å². The number of rotatable bonds is 8. The monoisotopic (exact) mass is 495 g/mol. The molecule has 0 radical (unpaired) electrons. The summed E-state index contributed by atoms with van der Waals surface area (Å²) in [6.45, 7) is 0.762. The maximum Gasteiger partial charge on any atom is 0.257 e. The number of benzene rings is 2. The zero-order valence-corrected chi connectivity index (χ0v) is 20.7. The minimum absolute atomic E-state index is 0.0426. The molecule has 9 heteroatoms. The molecule has 4 rings (SSSR count). The van der Waals surface area contributed by atoms with Crippen LogP contribution in [0.15, 0.2) is 48.5 Å². The summed E-state index contributed by atoms with van der Waals surface area (Å²) >= 11 is 0. The number of amides is 3. The standard InChI is InChI=1S/C27H33N3O6/c1-30-22-10-9-20(15-25(31)28-13-12-18-6-4-3-5-7-18)36-24(22)16-35-23-11-8-19(14-21(23)27(30)33)29-26(32)17-34-2/h3-8,11,14,20,22,24H,9-10,12-13,15-17H2,1-2H3,(H,28,31)(H,29,32)/t20-,22-,24-/m1/s1. The predicted molar refractivity (Wildman–Crippen MR) is 134 cm³/mol. The number of nitrogens with one attached hydrogen (secondary N) is 2. The van der Waals surface area contributed by atoms with E-state index in [1.165, 1.54) is 12.7 Å². The van der Waals surface area contributed by atoms with Crippen LogP contribution in [0.25, 0.3) is 0 Å². The Kier molecular flexibility index (Phi) is 8.56. The van der Waals surface area contributed by atoms with Crippen LogP contribution in [0, 0.1) is 0 Å². The number of hydrogen-bond donors (Lipinski definition) is 2. The highest BCUT2D eigenvalue weighted by Gasteiger charge is 2.39. The summed E-state index contributed by atoms with van der Waals surface area (Å²) in [5.74, 6) is -0.123. The van der Waals surface area contributed by atoms with Gasteiger partial charge in [-0.15, -0.1) is 0 Å². The molecule has 0 unspecified atom stereocenters. The van der Waals surface area contributed by atoms with Gasteiger partial charge in [-0.05, 0) is 43.0 Å². The molecule has 0 spiro atoms. The van der Waals surface area contributed by atoms with E-state index in [2.05, 4.69) is 10.6 Å². The number of nitrogens with zero attached hydrogens (tertiary/aromatic N) is 1. The summed E-state index contributed by atoms with van der Waals surface area (Å²) in [5, 5.41) is 5.69. The molecule has 2 aliphatic rings. The summed E-state index contributed by atoms with van der Waals surface area (Å²) in [7, 11) is 3.20. The predicted octanol–water partition coefficient (Wildman–Crippen LogP) is 2.40. The van der Waals surface area contributed by atoms with Crippen LogP contribution < -0.4 is 15.4 Å². The van der Waals surface area contributed by atoms with Crippen LogP contribution >= 0.6 is 0 Å². The first-order valence-corrected chi connectivity index (χ1v) is 12.2. The van der Waals surface area contributed by atoms with E-state index in [1.54, 1.807) is 30.1 Å². The molecule has 2 heterocycles. The van der Waals surface area contributed by atoms with Gasteiger partial charge in [0.15, 0.2) is 0 Å². The van der Waals surface area contributed by atoms with Gasteiger partial charge in [0.25, 0.3) is 5.91 Å². The Morgan fingerprint density at radius 2 is 1.92 bits per heavy atom. The van der Waals surface area contributed by atoms with E-state index in [-0.39, 0.29) is 55.6 Å². The molecular formula is C27H33N3O6. The van der Waals surface area contributed by atoms with Gasteiger partial charge >= 0.3 is 0 Å². The fraction of sp³-hybridized carbons (Fsp3) is 0.444. The molecule has 0 aliphatic carbocycles. The Balaban J connectivity index is 1.34. The highest BCUT2D eigenvalue weighted by Crippen LogP contribution is 2.32. The number of carbonyl (C=O) groups is 3. The zero-order valence-electron chi connectivity index (χ0n) is 20.7. The lowest BCUT2D eigenvalue weighted by molar-refractivity contribution is -0.134. The largest absolute Gasteiger partial charge is 0.490 e. The summed E-state index contributed by atoms with van der Waals surface area (Å²) in [5.41, 5.74) is 2.06. The SMILES string of the molecule is COCC(=O)Nc1ccc2c(c1)C(=O)N(C)[C@@H]1CC[C@H](CC(=O)NCCc3ccccc3)O[C@@H]1CO2. The lowest BCUT2D eigenvalue weighted by Gasteiger charge is -2.42. The van der Waals surface area contributed by atoms with Crippen LogP contribution in [-0.2, 0) is 25.5 Å². The van der Waals surface area contributed by atoms with Gasteiger partial charge < -0.3 is 29.7 Å². The highest BCUT2D eigenvalue weighted by atomic mass is 16.5. The summed E-state index contributed by atoms with van der Waals surface area (Å²) < 4.78 is 17.1. The first-order valence-electron chi connectivity index (χ1n) is 12.2. The first kappa shape index (κ1) is 25.7. The van der Waals surface area contributed by atoms with Crippen LogP contribution in [0.4, 0.5) is 5.69 Å². The Morgan fingerprint density at radius 1 is 1.11 bits per heavy atom. The lowest BCUT2D eigenvalue weighted by atomic mass is 9.94. The molecule has 1 fully saturated rings.